The number of nitrogens with zero attached hydrogens (tertiary/aromatic N) is 3. The van der Waals surface area contributed by atoms with Crippen molar-refractivity contribution < 1.29 is 9.32 Å². The van der Waals surface area contributed by atoms with E-state index < -0.39 is 0 Å². The minimum atomic E-state index is -0.0951. The topological polar surface area (TPSA) is 59.2 Å². The first-order valence-corrected chi connectivity index (χ1v) is 11.8. The molecular formula is C25H22ClN3O2S. The fourth-order valence-corrected chi connectivity index (χ4v) is 5.42. The van der Waals surface area contributed by atoms with E-state index in [0.29, 0.717) is 29.8 Å². The van der Waals surface area contributed by atoms with Gasteiger partial charge in [0, 0.05) is 35.7 Å². The lowest BCUT2D eigenvalue weighted by molar-refractivity contribution is 0.0671. The highest BCUT2D eigenvalue weighted by Gasteiger charge is 2.29. The Balaban J connectivity index is 1.42. The number of hydrogen-bond donors (Lipinski definition) is 0. The van der Waals surface area contributed by atoms with Crippen LogP contribution in [0.25, 0.3) is 21.7 Å². The summed E-state index contributed by atoms with van der Waals surface area (Å²) in [5.41, 5.74) is 4.45. The molecule has 0 radical (unpaired) electrons. The lowest BCUT2D eigenvalue weighted by atomic mass is 9.97. The number of aryl methyl sites for hydroxylation is 1. The van der Waals surface area contributed by atoms with Gasteiger partial charge in [0.1, 0.15) is 0 Å². The summed E-state index contributed by atoms with van der Waals surface area (Å²) in [5.74, 6) is 0.524. The Hall–Kier alpha value is -2.96. The van der Waals surface area contributed by atoms with E-state index in [2.05, 4.69) is 36.3 Å². The highest BCUT2D eigenvalue weighted by atomic mass is 35.5. The minimum Gasteiger partial charge on any atom is -0.351 e. The number of rotatable bonds is 4. The van der Waals surface area contributed by atoms with Gasteiger partial charge in [0.05, 0.1) is 21.8 Å². The molecule has 2 aromatic heterocycles. The molecule has 2 aromatic carbocycles. The number of amides is 1. The summed E-state index contributed by atoms with van der Waals surface area (Å²) in [4.78, 5) is 20.7. The molecule has 0 saturated carbocycles. The molecule has 0 unspecified atom stereocenters. The molecule has 1 fully saturated rings. The SMILES string of the molecule is Cc1ccc(-c2sc(C3CCN(C(=O)c4ccno4)CC3)nc2-c2ccc(Cl)cc2)cc1. The van der Waals surface area contributed by atoms with Crippen LogP contribution in [0.2, 0.25) is 5.02 Å². The van der Waals surface area contributed by atoms with Gasteiger partial charge in [-0.15, -0.1) is 11.3 Å². The summed E-state index contributed by atoms with van der Waals surface area (Å²) in [5, 5.41) is 5.48. The Morgan fingerprint density at radius 2 is 1.72 bits per heavy atom. The number of aromatic nitrogens is 2. The van der Waals surface area contributed by atoms with Crippen LogP contribution >= 0.6 is 22.9 Å². The van der Waals surface area contributed by atoms with Crippen molar-refractivity contribution in [2.45, 2.75) is 25.7 Å². The van der Waals surface area contributed by atoms with Gasteiger partial charge in [0.15, 0.2) is 0 Å². The van der Waals surface area contributed by atoms with Gasteiger partial charge in [-0.3, -0.25) is 4.79 Å². The van der Waals surface area contributed by atoms with Gasteiger partial charge < -0.3 is 9.42 Å². The van der Waals surface area contributed by atoms with Gasteiger partial charge >= 0.3 is 0 Å². The molecule has 5 nitrogen and oxygen atoms in total. The molecule has 1 saturated heterocycles. The number of piperidine rings is 1. The van der Waals surface area contributed by atoms with Crippen LogP contribution in [0.5, 0.6) is 0 Å². The smallest absolute Gasteiger partial charge is 0.292 e. The fraction of sp³-hybridized carbons (Fsp3) is 0.240. The lowest BCUT2D eigenvalue weighted by Crippen LogP contribution is -2.37. The first-order chi connectivity index (χ1) is 15.6. The Labute approximate surface area is 195 Å². The number of thiazole rings is 1. The Morgan fingerprint density at radius 3 is 2.38 bits per heavy atom. The number of carbonyl (C=O) groups excluding carboxylic acids is 1. The molecule has 0 aliphatic carbocycles. The van der Waals surface area contributed by atoms with Crippen molar-refractivity contribution >= 4 is 28.8 Å². The van der Waals surface area contributed by atoms with Crippen molar-refractivity contribution in [3.63, 3.8) is 0 Å². The Bertz CT molecular complexity index is 1150. The van der Waals surface area contributed by atoms with Gasteiger partial charge in [-0.1, -0.05) is 58.7 Å². The summed E-state index contributed by atoms with van der Waals surface area (Å²) >= 11 is 7.87. The van der Waals surface area contributed by atoms with Crippen molar-refractivity contribution in [3.8, 4) is 21.7 Å². The molecule has 1 aliphatic heterocycles. The second kappa shape index (κ2) is 8.88. The maximum Gasteiger partial charge on any atom is 0.292 e. The average Bonchev–Trinajstić information content (AvgIpc) is 3.51. The highest BCUT2D eigenvalue weighted by Crippen LogP contribution is 2.42. The molecule has 0 atom stereocenters. The third-order valence-corrected chi connectivity index (χ3v) is 7.37. The molecule has 0 bridgehead atoms. The molecule has 0 N–H and O–H groups in total. The highest BCUT2D eigenvalue weighted by molar-refractivity contribution is 7.15. The lowest BCUT2D eigenvalue weighted by Gasteiger charge is -2.30. The molecule has 7 heteroatoms. The molecular weight excluding hydrogens is 442 g/mol. The number of halogens is 1. The Morgan fingerprint density at radius 1 is 1.03 bits per heavy atom. The van der Waals surface area contributed by atoms with E-state index in [4.69, 9.17) is 21.1 Å². The normalized spacial score (nSPS) is 14.6. The van der Waals surface area contributed by atoms with E-state index in [1.54, 1.807) is 17.4 Å². The zero-order valence-corrected chi connectivity index (χ0v) is 19.2. The van der Waals surface area contributed by atoms with E-state index in [-0.39, 0.29) is 5.91 Å². The third kappa shape index (κ3) is 4.20. The number of likely N-dealkylation sites (tertiary alicyclic amines) is 1. The van der Waals surface area contributed by atoms with E-state index >= 15 is 0 Å². The summed E-state index contributed by atoms with van der Waals surface area (Å²) in [6.07, 6.45) is 3.25. The van der Waals surface area contributed by atoms with E-state index in [9.17, 15) is 4.79 Å². The van der Waals surface area contributed by atoms with Gasteiger partial charge in [0.25, 0.3) is 5.91 Å². The number of carbonyl (C=O) groups is 1. The van der Waals surface area contributed by atoms with E-state index in [0.717, 1.165) is 29.1 Å². The van der Waals surface area contributed by atoms with Gasteiger partial charge in [-0.2, -0.15) is 0 Å². The van der Waals surface area contributed by atoms with Crippen molar-refractivity contribution in [2.24, 2.45) is 0 Å². The molecule has 3 heterocycles. The quantitative estimate of drug-likeness (QED) is 0.349. The van der Waals surface area contributed by atoms with Crippen molar-refractivity contribution in [1.29, 1.82) is 0 Å². The molecule has 162 valence electrons. The zero-order valence-electron chi connectivity index (χ0n) is 17.6. The zero-order chi connectivity index (χ0) is 22.1. The van der Waals surface area contributed by atoms with Crippen LogP contribution in [0, 0.1) is 6.92 Å². The molecule has 32 heavy (non-hydrogen) atoms. The molecule has 0 spiro atoms. The predicted octanol–water partition coefficient (Wildman–Crippen LogP) is 6.45. The van der Waals surface area contributed by atoms with Crippen LogP contribution in [0.1, 0.15) is 39.9 Å². The van der Waals surface area contributed by atoms with Gasteiger partial charge in [-0.25, -0.2) is 4.98 Å². The number of hydrogen-bond acceptors (Lipinski definition) is 5. The third-order valence-electron chi connectivity index (χ3n) is 5.86. The largest absolute Gasteiger partial charge is 0.351 e. The van der Waals surface area contributed by atoms with Crippen LogP contribution in [-0.2, 0) is 0 Å². The molecule has 1 amide bonds. The van der Waals surface area contributed by atoms with Crippen molar-refractivity contribution in [1.82, 2.24) is 15.0 Å². The Kier molecular flexibility index (Phi) is 5.81. The van der Waals surface area contributed by atoms with Crippen molar-refractivity contribution in [3.05, 3.63) is 82.1 Å². The average molecular weight is 464 g/mol. The minimum absolute atomic E-state index is 0.0951. The van der Waals surface area contributed by atoms with Crippen molar-refractivity contribution in [2.75, 3.05) is 13.1 Å². The fourth-order valence-electron chi connectivity index (χ4n) is 4.03. The summed E-state index contributed by atoms with van der Waals surface area (Å²) in [6, 6.07) is 18.1. The summed E-state index contributed by atoms with van der Waals surface area (Å²) in [7, 11) is 0. The second-order valence-electron chi connectivity index (χ2n) is 8.05. The van der Waals surface area contributed by atoms with Crippen LogP contribution < -0.4 is 0 Å². The first-order valence-electron chi connectivity index (χ1n) is 10.6. The van der Waals surface area contributed by atoms with E-state index in [1.165, 1.54) is 22.2 Å². The van der Waals surface area contributed by atoms with E-state index in [1.807, 2.05) is 29.2 Å². The maximum absolute atomic E-state index is 12.6. The van der Waals surface area contributed by atoms with Crippen LogP contribution in [0.15, 0.2) is 65.3 Å². The van der Waals surface area contributed by atoms with Crippen LogP contribution in [0.3, 0.4) is 0 Å². The second-order valence-corrected chi connectivity index (χ2v) is 9.51. The molecule has 1 aliphatic rings. The summed E-state index contributed by atoms with van der Waals surface area (Å²) in [6.45, 7) is 3.45. The van der Waals surface area contributed by atoms with Crippen LogP contribution in [-0.4, -0.2) is 34.0 Å². The summed E-state index contributed by atoms with van der Waals surface area (Å²) < 4.78 is 5.03. The predicted molar refractivity (Wildman–Crippen MR) is 127 cm³/mol. The maximum atomic E-state index is 12.6. The molecule has 4 aromatic rings. The molecule has 5 rings (SSSR count). The standard InChI is InChI=1S/C25H22ClN3O2S/c1-16-2-4-18(5-3-16)23-22(17-6-8-20(26)9-7-17)28-24(32-23)19-11-14-29(15-12-19)25(30)21-10-13-27-31-21/h2-10,13,19H,11-12,14-15H2,1H3. The van der Waals surface area contributed by atoms with Gasteiger partial charge in [-0.05, 0) is 37.5 Å². The van der Waals surface area contributed by atoms with Gasteiger partial charge in [0.2, 0.25) is 5.76 Å². The number of benzene rings is 2. The monoisotopic (exact) mass is 463 g/mol. The first kappa shape index (κ1) is 20.9. The van der Waals surface area contributed by atoms with Crippen LogP contribution in [0.4, 0.5) is 0 Å².